The molecule has 4 aromatic carbocycles. The highest BCUT2D eigenvalue weighted by molar-refractivity contribution is 5.99. The second kappa shape index (κ2) is 28.2. The summed E-state index contributed by atoms with van der Waals surface area (Å²) in [7, 11) is 0. The largest absolute Gasteiger partial charge is 0.489 e. The van der Waals surface area contributed by atoms with E-state index in [4.69, 9.17) is 15.2 Å². The van der Waals surface area contributed by atoms with Crippen molar-refractivity contribution in [2.24, 2.45) is 17.6 Å². The maximum atomic E-state index is 15.4. The van der Waals surface area contributed by atoms with Crippen molar-refractivity contribution in [2.45, 2.75) is 126 Å². The molecule has 7 atom stereocenters. The smallest absolute Gasteiger partial charge is 0.407 e. The van der Waals surface area contributed by atoms with Gasteiger partial charge in [-0.3, -0.25) is 33.8 Å². The van der Waals surface area contributed by atoms with Crippen LogP contribution >= 0.6 is 0 Å². The summed E-state index contributed by atoms with van der Waals surface area (Å²) in [6.45, 7) is 0.355. The van der Waals surface area contributed by atoms with Crippen molar-refractivity contribution in [1.82, 2.24) is 41.5 Å². The van der Waals surface area contributed by atoms with Crippen LogP contribution < -0.4 is 37.1 Å². The van der Waals surface area contributed by atoms with Gasteiger partial charge in [0.25, 0.3) is 0 Å². The molecule has 0 spiro atoms. The minimum Gasteiger partial charge on any atom is -0.489 e. The quantitative estimate of drug-likeness (QED) is 0.0561. The fraction of sp³-hybridized carbons (Fsp3) is 0.397. The van der Waals surface area contributed by atoms with E-state index < -0.39 is 77.9 Å². The monoisotopic (exact) mass is 1100 g/mol. The highest BCUT2D eigenvalue weighted by Gasteiger charge is 2.45. The van der Waals surface area contributed by atoms with E-state index >= 15 is 28.8 Å². The third-order valence-electron chi connectivity index (χ3n) is 15.7. The predicted molar refractivity (Wildman–Crippen MR) is 305 cm³/mol. The Morgan fingerprint density at radius 1 is 0.667 bits per heavy atom. The number of amides is 6. The molecule has 1 saturated carbocycles. The van der Waals surface area contributed by atoms with Gasteiger partial charge in [-0.15, -0.1) is 0 Å². The molecule has 18 heteroatoms. The lowest BCUT2D eigenvalue weighted by Crippen LogP contribution is -2.60. The molecule has 9 rings (SSSR count). The molecule has 1 aliphatic carbocycles. The Hall–Kier alpha value is -8.38. The maximum Gasteiger partial charge on any atom is 0.407 e. The van der Waals surface area contributed by atoms with E-state index in [1.807, 2.05) is 103 Å². The predicted octanol–water partition coefficient (Wildman–Crippen LogP) is 5.96. The van der Waals surface area contributed by atoms with Gasteiger partial charge in [0, 0.05) is 80.6 Å². The van der Waals surface area contributed by atoms with E-state index in [1.165, 1.54) is 4.90 Å². The SMILES string of the molecule is NCCNC(=O)O[C@@H]1C[C@H]2C(=O)N[C@@H](CCc3ccccc3)C(=O)N[C@H](Cc3c[nH]c4ccccc34)C(=O)C[C@@H](CC3CCCCC3)C(=O)N[C@@H](Cc3ccc(OCc4ccccc4)cc3)C(=O)N[C@@H](Cc3cccnc3)C(=O)N2C1. The number of aromatic nitrogens is 2. The van der Waals surface area contributed by atoms with Crippen molar-refractivity contribution in [3.8, 4) is 5.75 Å². The number of aromatic amines is 1. The zero-order valence-electron chi connectivity index (χ0n) is 45.6. The van der Waals surface area contributed by atoms with Crippen molar-refractivity contribution >= 4 is 52.3 Å². The number of ether oxygens (including phenoxy) is 2. The van der Waals surface area contributed by atoms with E-state index in [0.717, 1.165) is 59.7 Å². The standard InChI is InChI=1S/C63H73N9O9/c64-28-30-66-63(79)81-49-36-56-61(77)68-52(27-24-41-13-4-1-5-14-41)59(75)69-53(34-47-38-67-51-21-11-10-20-50(47)51)57(73)35-46(31-42-15-6-2-7-16-42)58(74)70-54(32-43-22-25-48(26-23-43)80-40-44-17-8-3-9-18-44)60(76)71-55(62(78)72(56)39-49)33-45-19-12-29-65-37-45/h1,3-5,8-14,17-23,25-26,29,37-38,42,46,49,52-56,67H,2,6-7,15-16,24,27-28,30-36,39-40,64H2,(H,66,79)(H,68,77)(H,69,75)(H,70,74)(H,71,76)/t46-,49-,52+,53-,54+,55+,56+/m1/s1. The Morgan fingerprint density at radius 3 is 2.07 bits per heavy atom. The van der Waals surface area contributed by atoms with Gasteiger partial charge >= 0.3 is 6.09 Å². The Bertz CT molecular complexity index is 3080. The Labute approximate surface area is 472 Å². The number of nitrogens with zero attached hydrogens (tertiary/aromatic N) is 2. The molecule has 3 fully saturated rings. The van der Waals surface area contributed by atoms with Gasteiger partial charge in [-0.2, -0.15) is 0 Å². The summed E-state index contributed by atoms with van der Waals surface area (Å²) in [4.78, 5) is 113. The summed E-state index contributed by atoms with van der Waals surface area (Å²) < 4.78 is 11.9. The fourth-order valence-electron chi connectivity index (χ4n) is 11.4. The number of nitrogens with one attached hydrogen (secondary N) is 6. The molecule has 2 aromatic heterocycles. The van der Waals surface area contributed by atoms with Gasteiger partial charge < -0.3 is 51.7 Å². The highest BCUT2D eigenvalue weighted by Crippen LogP contribution is 2.32. The van der Waals surface area contributed by atoms with Crippen LogP contribution in [0.25, 0.3) is 10.9 Å². The number of nitrogens with two attached hydrogens (primary N) is 1. The third kappa shape index (κ3) is 15.9. The molecule has 81 heavy (non-hydrogen) atoms. The number of H-pyrrole nitrogens is 1. The Morgan fingerprint density at radius 2 is 1.33 bits per heavy atom. The van der Waals surface area contributed by atoms with E-state index in [0.29, 0.717) is 36.3 Å². The molecule has 8 N–H and O–H groups in total. The molecule has 6 amide bonds. The van der Waals surface area contributed by atoms with Crippen LogP contribution in [0.3, 0.4) is 0 Å². The summed E-state index contributed by atoms with van der Waals surface area (Å²) in [5.74, 6) is -3.76. The Kier molecular flexibility index (Phi) is 19.9. The molecule has 0 radical (unpaired) electrons. The van der Waals surface area contributed by atoms with Gasteiger partial charge in [0.15, 0.2) is 5.78 Å². The number of Topliss-reactive ketones (excluding diaryl/α,β-unsaturated/α-hetero) is 1. The minimum atomic E-state index is -1.34. The normalized spacial score (nSPS) is 22.6. The summed E-state index contributed by atoms with van der Waals surface area (Å²) in [6.07, 6.45) is 8.37. The van der Waals surface area contributed by atoms with Crippen LogP contribution in [-0.2, 0) is 65.8 Å². The zero-order chi connectivity index (χ0) is 56.5. The number of para-hydroxylation sites is 1. The fourth-order valence-corrected chi connectivity index (χ4v) is 11.4. The number of aryl methyl sites for hydroxylation is 1. The van der Waals surface area contributed by atoms with Crippen molar-refractivity contribution in [1.29, 1.82) is 0 Å². The number of benzene rings is 4. The average Bonchev–Trinajstić information content (AvgIpc) is 4.11. The number of pyridine rings is 1. The van der Waals surface area contributed by atoms with Crippen molar-refractivity contribution in [2.75, 3.05) is 19.6 Å². The number of rotatable bonds is 17. The molecule has 0 bridgehead atoms. The number of carbonyl (C=O) groups excluding carboxylic acids is 7. The molecule has 4 heterocycles. The van der Waals surface area contributed by atoms with Gasteiger partial charge in [-0.1, -0.05) is 129 Å². The first kappa shape index (κ1) is 57.3. The van der Waals surface area contributed by atoms with E-state index in [2.05, 4.69) is 36.6 Å². The van der Waals surface area contributed by atoms with Crippen LogP contribution in [-0.4, -0.2) is 112 Å². The van der Waals surface area contributed by atoms with Gasteiger partial charge in [0.2, 0.25) is 29.5 Å². The molecule has 18 nitrogen and oxygen atoms in total. The number of carbonyl (C=O) groups is 7. The molecular weight excluding hydrogens is 1030 g/mol. The van der Waals surface area contributed by atoms with Crippen molar-refractivity contribution in [3.05, 3.63) is 168 Å². The molecule has 2 aliphatic heterocycles. The second-order valence-electron chi connectivity index (χ2n) is 21.6. The number of ketones is 1. The zero-order valence-corrected chi connectivity index (χ0v) is 45.6. The molecule has 0 unspecified atom stereocenters. The molecule has 2 saturated heterocycles. The van der Waals surface area contributed by atoms with Crippen LogP contribution in [0.1, 0.15) is 85.6 Å². The van der Waals surface area contributed by atoms with Crippen LogP contribution in [0, 0.1) is 11.8 Å². The summed E-state index contributed by atoms with van der Waals surface area (Å²) >= 11 is 0. The summed E-state index contributed by atoms with van der Waals surface area (Å²) in [6, 6.07) is 31.2. The number of hydrogen-bond acceptors (Lipinski definition) is 11. The summed E-state index contributed by atoms with van der Waals surface area (Å²) in [5, 5.41) is 15.5. The molecule has 424 valence electrons. The van der Waals surface area contributed by atoms with Gasteiger partial charge in [0.05, 0.1) is 12.6 Å². The first-order valence-corrected chi connectivity index (χ1v) is 28.4. The van der Waals surface area contributed by atoms with Crippen LogP contribution in [0.4, 0.5) is 4.79 Å². The molecule has 6 aromatic rings. The van der Waals surface area contributed by atoms with E-state index in [-0.39, 0.29) is 69.9 Å². The van der Waals surface area contributed by atoms with Gasteiger partial charge in [-0.05, 0) is 77.3 Å². The lowest BCUT2D eigenvalue weighted by atomic mass is 9.80. The highest BCUT2D eigenvalue weighted by atomic mass is 16.6. The molecule has 3 aliphatic rings. The topological polar surface area (TPSA) is 256 Å². The van der Waals surface area contributed by atoms with Crippen LogP contribution in [0.2, 0.25) is 0 Å². The lowest BCUT2D eigenvalue weighted by Gasteiger charge is -2.32. The number of fused-ring (bicyclic) bond motifs is 2. The van der Waals surface area contributed by atoms with E-state index in [9.17, 15) is 4.79 Å². The van der Waals surface area contributed by atoms with Crippen molar-refractivity contribution < 1.29 is 43.0 Å². The molecular formula is C63H73N9O9. The minimum absolute atomic E-state index is 0.0133. The number of alkyl carbamates (subject to hydrolysis) is 1. The Balaban J connectivity index is 1.10. The van der Waals surface area contributed by atoms with E-state index in [1.54, 1.807) is 36.7 Å². The number of hydrogen-bond donors (Lipinski definition) is 7. The third-order valence-corrected chi connectivity index (χ3v) is 15.7. The van der Waals surface area contributed by atoms with Crippen LogP contribution in [0.5, 0.6) is 5.75 Å². The lowest BCUT2D eigenvalue weighted by molar-refractivity contribution is -0.143. The average molecular weight is 1100 g/mol. The van der Waals surface area contributed by atoms with Gasteiger partial charge in [0.1, 0.15) is 42.6 Å². The van der Waals surface area contributed by atoms with Crippen molar-refractivity contribution in [3.63, 3.8) is 0 Å². The van der Waals surface area contributed by atoms with Crippen LogP contribution in [0.15, 0.2) is 140 Å². The maximum absolute atomic E-state index is 15.4. The van der Waals surface area contributed by atoms with Gasteiger partial charge in [-0.25, -0.2) is 4.79 Å². The second-order valence-corrected chi connectivity index (χ2v) is 21.6. The first-order chi connectivity index (χ1) is 39.5. The first-order valence-electron chi connectivity index (χ1n) is 28.4. The summed E-state index contributed by atoms with van der Waals surface area (Å²) in [5.41, 5.74) is 10.4.